The molecule has 2 aromatic carbocycles. The maximum Gasteiger partial charge on any atom is 0.242 e. The predicted molar refractivity (Wildman–Crippen MR) is 136 cm³/mol. The number of hydrogen-bond acceptors (Lipinski definition) is 3. The van der Waals surface area contributed by atoms with Crippen LogP contribution >= 0.6 is 35.0 Å². The Hall–Kier alpha value is -1.69. The van der Waals surface area contributed by atoms with Crippen LogP contribution < -0.4 is 5.32 Å². The number of rotatable bonds is 12. The minimum absolute atomic E-state index is 0.0456. The fraction of sp³-hybridized carbons (Fsp3) is 0.440. The van der Waals surface area contributed by atoms with Gasteiger partial charge in [0.15, 0.2) is 0 Å². The molecule has 0 bridgehead atoms. The van der Waals surface area contributed by atoms with Crippen molar-refractivity contribution in [2.24, 2.45) is 0 Å². The van der Waals surface area contributed by atoms with Crippen LogP contribution in [-0.4, -0.2) is 35.1 Å². The molecule has 0 fully saturated rings. The van der Waals surface area contributed by atoms with E-state index in [4.69, 9.17) is 23.2 Å². The van der Waals surface area contributed by atoms with Crippen molar-refractivity contribution in [3.8, 4) is 0 Å². The predicted octanol–water partition coefficient (Wildman–Crippen LogP) is 6.26. The van der Waals surface area contributed by atoms with Gasteiger partial charge in [-0.25, -0.2) is 0 Å². The van der Waals surface area contributed by atoms with Crippen LogP contribution in [0.1, 0.15) is 49.8 Å². The minimum Gasteiger partial charge on any atom is -0.354 e. The zero-order valence-corrected chi connectivity index (χ0v) is 21.3. The van der Waals surface area contributed by atoms with Gasteiger partial charge in [-0.1, -0.05) is 73.8 Å². The van der Waals surface area contributed by atoms with Gasteiger partial charge in [-0.3, -0.25) is 9.59 Å². The Morgan fingerprint density at radius 2 is 1.84 bits per heavy atom. The molecule has 1 unspecified atom stereocenters. The topological polar surface area (TPSA) is 49.4 Å². The molecule has 1 N–H and O–H groups in total. The molecule has 7 heteroatoms. The van der Waals surface area contributed by atoms with Crippen LogP contribution in [0.25, 0.3) is 0 Å². The van der Waals surface area contributed by atoms with Gasteiger partial charge < -0.3 is 10.2 Å². The molecule has 2 amide bonds. The number of benzene rings is 2. The third kappa shape index (κ3) is 8.02. The van der Waals surface area contributed by atoms with Crippen LogP contribution in [0.2, 0.25) is 10.0 Å². The molecule has 0 aromatic heterocycles. The zero-order valence-electron chi connectivity index (χ0n) is 19.0. The maximum atomic E-state index is 13.3. The number of amides is 2. The monoisotopic (exact) mass is 494 g/mol. The summed E-state index contributed by atoms with van der Waals surface area (Å²) in [4.78, 5) is 27.9. The second-order valence-corrected chi connectivity index (χ2v) is 9.56. The van der Waals surface area contributed by atoms with Gasteiger partial charge >= 0.3 is 0 Å². The minimum atomic E-state index is -0.496. The van der Waals surface area contributed by atoms with Gasteiger partial charge in [-0.15, -0.1) is 11.8 Å². The number of nitrogens with one attached hydrogen (secondary N) is 1. The summed E-state index contributed by atoms with van der Waals surface area (Å²) in [6.07, 6.45) is 2.49. The second-order valence-electron chi connectivity index (χ2n) is 7.76. The van der Waals surface area contributed by atoms with Crippen LogP contribution in [0, 0.1) is 6.92 Å². The molecule has 0 aliphatic heterocycles. The Morgan fingerprint density at radius 3 is 2.50 bits per heavy atom. The largest absolute Gasteiger partial charge is 0.354 e. The van der Waals surface area contributed by atoms with E-state index in [1.54, 1.807) is 11.0 Å². The number of hydrogen-bond donors (Lipinski definition) is 1. The first-order valence-corrected chi connectivity index (χ1v) is 12.9. The van der Waals surface area contributed by atoms with E-state index in [0.29, 0.717) is 35.3 Å². The van der Waals surface area contributed by atoms with Crippen molar-refractivity contribution in [3.63, 3.8) is 0 Å². The van der Waals surface area contributed by atoms with E-state index in [1.807, 2.05) is 50.2 Å². The maximum absolute atomic E-state index is 13.3. The molecule has 0 aliphatic carbocycles. The summed E-state index contributed by atoms with van der Waals surface area (Å²) in [5.74, 6) is 0.790. The summed E-state index contributed by atoms with van der Waals surface area (Å²) < 4.78 is 0. The number of nitrogens with zero attached hydrogens (tertiary/aromatic N) is 1. The number of unbranched alkanes of at least 4 members (excludes halogenated alkanes) is 1. The standard InChI is InChI=1S/C25H32Cl2N2O2S/c1-4-6-13-28-25(31)23(5-2)29(15-20-10-8-7-9-18(20)3)24(30)17-32-16-19-11-12-21(26)22(27)14-19/h7-12,14,23H,4-6,13,15-17H2,1-3H3,(H,28,31). The first-order valence-electron chi connectivity index (χ1n) is 11.0. The van der Waals surface area contributed by atoms with E-state index >= 15 is 0 Å². The molecule has 0 saturated heterocycles. The van der Waals surface area contributed by atoms with Crippen molar-refractivity contribution >= 4 is 46.8 Å². The smallest absolute Gasteiger partial charge is 0.242 e. The fourth-order valence-electron chi connectivity index (χ4n) is 3.37. The highest BCUT2D eigenvalue weighted by Gasteiger charge is 2.28. The Labute approximate surface area is 206 Å². The average Bonchev–Trinajstić information content (AvgIpc) is 2.77. The molecule has 0 saturated carbocycles. The number of thioether (sulfide) groups is 1. The first kappa shape index (κ1) is 26.6. The third-order valence-electron chi connectivity index (χ3n) is 5.30. The van der Waals surface area contributed by atoms with Gasteiger partial charge in [0.05, 0.1) is 15.8 Å². The molecule has 2 aromatic rings. The van der Waals surface area contributed by atoms with Crippen LogP contribution in [0.15, 0.2) is 42.5 Å². The summed E-state index contributed by atoms with van der Waals surface area (Å²) in [6, 6.07) is 13.0. The van der Waals surface area contributed by atoms with E-state index in [1.165, 1.54) is 11.8 Å². The third-order valence-corrected chi connectivity index (χ3v) is 7.02. The lowest BCUT2D eigenvalue weighted by atomic mass is 10.1. The van der Waals surface area contributed by atoms with Gasteiger partial charge in [-0.05, 0) is 48.6 Å². The Morgan fingerprint density at radius 1 is 1.09 bits per heavy atom. The molecule has 2 rings (SSSR count). The van der Waals surface area contributed by atoms with Gasteiger partial charge in [0.1, 0.15) is 6.04 Å². The number of carbonyl (C=O) groups is 2. The van der Waals surface area contributed by atoms with E-state index in [2.05, 4.69) is 12.2 Å². The van der Waals surface area contributed by atoms with Crippen molar-refractivity contribution in [1.29, 1.82) is 0 Å². The number of carbonyl (C=O) groups excluding carboxylic acids is 2. The molecular weight excluding hydrogens is 463 g/mol. The van der Waals surface area contributed by atoms with Crippen molar-refractivity contribution in [2.75, 3.05) is 12.3 Å². The highest BCUT2D eigenvalue weighted by molar-refractivity contribution is 7.99. The molecule has 174 valence electrons. The SMILES string of the molecule is CCCCNC(=O)C(CC)N(Cc1ccccc1C)C(=O)CSCc1ccc(Cl)c(Cl)c1. The van der Waals surface area contributed by atoms with Gasteiger partial charge in [0.2, 0.25) is 11.8 Å². The summed E-state index contributed by atoms with van der Waals surface area (Å²) in [5, 5.41) is 4.02. The van der Waals surface area contributed by atoms with Crippen molar-refractivity contribution in [1.82, 2.24) is 10.2 Å². The van der Waals surface area contributed by atoms with E-state index in [9.17, 15) is 9.59 Å². The summed E-state index contributed by atoms with van der Waals surface area (Å²) in [5.41, 5.74) is 3.16. The summed E-state index contributed by atoms with van der Waals surface area (Å²) in [7, 11) is 0. The lowest BCUT2D eigenvalue weighted by Gasteiger charge is -2.31. The molecule has 1 atom stereocenters. The normalized spacial score (nSPS) is 11.8. The molecule has 4 nitrogen and oxygen atoms in total. The van der Waals surface area contributed by atoms with Crippen LogP contribution in [0.5, 0.6) is 0 Å². The molecule has 0 heterocycles. The van der Waals surface area contributed by atoms with Crippen molar-refractivity contribution in [2.45, 2.75) is 58.4 Å². The number of halogens is 2. The fourth-order valence-corrected chi connectivity index (χ4v) is 4.54. The Bertz CT molecular complexity index is 907. The molecule has 0 radical (unpaired) electrons. The highest BCUT2D eigenvalue weighted by atomic mass is 35.5. The average molecular weight is 496 g/mol. The van der Waals surface area contributed by atoms with Crippen molar-refractivity contribution < 1.29 is 9.59 Å². The van der Waals surface area contributed by atoms with E-state index < -0.39 is 6.04 Å². The van der Waals surface area contributed by atoms with E-state index in [-0.39, 0.29) is 17.6 Å². The van der Waals surface area contributed by atoms with Gasteiger partial charge in [0.25, 0.3) is 0 Å². The zero-order chi connectivity index (χ0) is 23.5. The molecule has 0 aliphatic rings. The lowest BCUT2D eigenvalue weighted by Crippen LogP contribution is -2.49. The van der Waals surface area contributed by atoms with Crippen LogP contribution in [0.4, 0.5) is 0 Å². The lowest BCUT2D eigenvalue weighted by molar-refractivity contribution is -0.139. The van der Waals surface area contributed by atoms with Crippen molar-refractivity contribution in [3.05, 3.63) is 69.2 Å². The molecule has 0 spiro atoms. The summed E-state index contributed by atoms with van der Waals surface area (Å²) in [6.45, 7) is 7.11. The van der Waals surface area contributed by atoms with Crippen LogP contribution in [-0.2, 0) is 21.9 Å². The number of aryl methyl sites for hydroxylation is 1. The quantitative estimate of drug-likeness (QED) is 0.354. The Kier molecular flexibility index (Phi) is 11.4. The van der Waals surface area contributed by atoms with Gasteiger partial charge in [0, 0.05) is 18.8 Å². The molecular formula is C25H32Cl2N2O2S. The second kappa shape index (κ2) is 13.8. The Balaban J connectivity index is 2.12. The highest BCUT2D eigenvalue weighted by Crippen LogP contribution is 2.25. The summed E-state index contributed by atoms with van der Waals surface area (Å²) >= 11 is 13.6. The molecule has 32 heavy (non-hydrogen) atoms. The van der Waals surface area contributed by atoms with E-state index in [0.717, 1.165) is 29.5 Å². The van der Waals surface area contributed by atoms with Gasteiger partial charge in [-0.2, -0.15) is 0 Å². The van der Waals surface area contributed by atoms with Crippen LogP contribution in [0.3, 0.4) is 0 Å². The first-order chi connectivity index (χ1) is 15.4.